The number of methoxy groups -OCH3 is 1. The number of aryl methyl sites for hydroxylation is 1. The number of halogens is 2. The molecular weight excluding hydrogens is 397 g/mol. The van der Waals surface area contributed by atoms with Gasteiger partial charge in [0.1, 0.15) is 17.7 Å². The molecule has 2 heterocycles. The Kier molecular flexibility index (Phi) is 4.87. The van der Waals surface area contributed by atoms with E-state index in [1.807, 2.05) is 37.3 Å². The Morgan fingerprint density at radius 2 is 1.93 bits per heavy atom. The zero-order valence-corrected chi connectivity index (χ0v) is 16.8. The molecule has 142 valence electrons. The number of carbonyl (C=O) groups excluding carboxylic acids is 1. The average Bonchev–Trinajstić information content (AvgIpc) is 2.97. The molecule has 0 fully saturated rings. The molecule has 4 rings (SSSR count). The number of anilines is 2. The molecule has 0 saturated carbocycles. The Labute approximate surface area is 172 Å². The van der Waals surface area contributed by atoms with Crippen molar-refractivity contribution in [2.24, 2.45) is 0 Å². The minimum absolute atomic E-state index is 0.132. The highest BCUT2D eigenvalue weighted by atomic mass is 35.5. The first-order chi connectivity index (χ1) is 13.5. The van der Waals surface area contributed by atoms with Gasteiger partial charge in [0.05, 0.1) is 17.8 Å². The van der Waals surface area contributed by atoms with Gasteiger partial charge in [-0.15, -0.1) is 0 Å². The fourth-order valence-corrected chi connectivity index (χ4v) is 3.56. The van der Waals surface area contributed by atoms with Gasteiger partial charge in [0.25, 0.3) is 5.91 Å². The summed E-state index contributed by atoms with van der Waals surface area (Å²) in [5, 5.41) is 4.55. The molecule has 0 aliphatic carbocycles. The summed E-state index contributed by atoms with van der Waals surface area (Å²) in [5.41, 5.74) is 3.12. The van der Waals surface area contributed by atoms with Gasteiger partial charge in [0.2, 0.25) is 0 Å². The second-order valence-corrected chi connectivity index (χ2v) is 7.29. The van der Waals surface area contributed by atoms with Gasteiger partial charge in [-0.25, -0.2) is 4.98 Å². The second-order valence-electron chi connectivity index (χ2n) is 6.45. The highest BCUT2D eigenvalue weighted by Crippen LogP contribution is 2.40. The molecule has 1 amide bonds. The molecule has 1 N–H and O–H groups in total. The fraction of sp³-hybridized carbons (Fsp3) is 0.143. The Bertz CT molecular complexity index is 1050. The third-order valence-corrected chi connectivity index (χ3v) is 5.33. The lowest BCUT2D eigenvalue weighted by atomic mass is 10.1. The first-order valence-electron chi connectivity index (χ1n) is 8.64. The summed E-state index contributed by atoms with van der Waals surface area (Å²) >= 11 is 12.2. The van der Waals surface area contributed by atoms with Gasteiger partial charge in [0, 0.05) is 28.4 Å². The predicted molar refractivity (Wildman–Crippen MR) is 112 cm³/mol. The van der Waals surface area contributed by atoms with Gasteiger partial charge >= 0.3 is 0 Å². The molecule has 0 spiro atoms. The van der Waals surface area contributed by atoms with Crippen LogP contribution in [0.2, 0.25) is 10.0 Å². The lowest BCUT2D eigenvalue weighted by molar-refractivity contribution is 0.0992. The minimum Gasteiger partial charge on any atom is -0.495 e. The Morgan fingerprint density at radius 1 is 1.14 bits per heavy atom. The molecule has 0 radical (unpaired) electrons. The molecule has 0 saturated heterocycles. The monoisotopic (exact) mass is 413 g/mol. The number of ether oxygens (including phenoxy) is 1. The van der Waals surface area contributed by atoms with Crippen molar-refractivity contribution in [2.75, 3.05) is 17.3 Å². The van der Waals surface area contributed by atoms with Crippen LogP contribution in [-0.4, -0.2) is 18.0 Å². The lowest BCUT2D eigenvalue weighted by Crippen LogP contribution is -2.33. The van der Waals surface area contributed by atoms with Gasteiger partial charge in [-0.2, -0.15) is 0 Å². The quantitative estimate of drug-likeness (QED) is 0.615. The van der Waals surface area contributed by atoms with Gasteiger partial charge in [-0.3, -0.25) is 9.69 Å². The first-order valence-corrected chi connectivity index (χ1v) is 9.40. The number of nitrogens with one attached hydrogen (secondary N) is 1. The van der Waals surface area contributed by atoms with Crippen molar-refractivity contribution in [3.05, 3.63) is 81.5 Å². The normalized spacial score (nSPS) is 15.5. The van der Waals surface area contributed by atoms with Crippen molar-refractivity contribution < 1.29 is 9.53 Å². The SMILES string of the molecule is COc1cc(Cl)c(C)cc1N[C@H]1c2ccccc2C(=O)N1c1ccc(Cl)cn1. The highest BCUT2D eigenvalue weighted by Gasteiger charge is 2.38. The number of carbonyl (C=O) groups is 1. The van der Waals surface area contributed by atoms with Gasteiger partial charge in [-0.1, -0.05) is 41.4 Å². The molecule has 28 heavy (non-hydrogen) atoms. The van der Waals surface area contributed by atoms with Crippen molar-refractivity contribution >= 4 is 40.6 Å². The molecule has 1 aliphatic heterocycles. The number of amides is 1. The van der Waals surface area contributed by atoms with Gasteiger partial charge in [0.15, 0.2) is 0 Å². The average molecular weight is 414 g/mol. The van der Waals surface area contributed by atoms with Crippen LogP contribution in [0.3, 0.4) is 0 Å². The van der Waals surface area contributed by atoms with E-state index in [1.165, 1.54) is 6.20 Å². The summed E-state index contributed by atoms with van der Waals surface area (Å²) in [7, 11) is 1.58. The second kappa shape index (κ2) is 7.34. The van der Waals surface area contributed by atoms with Crippen LogP contribution in [0.4, 0.5) is 11.5 Å². The summed E-state index contributed by atoms with van der Waals surface area (Å²) in [4.78, 5) is 19.1. The third kappa shape index (κ3) is 3.17. The molecular formula is C21H17Cl2N3O2. The molecule has 2 aromatic carbocycles. The number of benzene rings is 2. The Morgan fingerprint density at radius 3 is 2.64 bits per heavy atom. The molecule has 1 aromatic heterocycles. The molecule has 0 bridgehead atoms. The molecule has 1 aliphatic rings. The molecule has 3 aromatic rings. The van der Waals surface area contributed by atoms with Crippen LogP contribution in [0.1, 0.15) is 27.7 Å². The lowest BCUT2D eigenvalue weighted by Gasteiger charge is -2.27. The number of hydrogen-bond donors (Lipinski definition) is 1. The van der Waals surface area contributed by atoms with Crippen molar-refractivity contribution in [3.8, 4) is 5.75 Å². The third-order valence-electron chi connectivity index (χ3n) is 4.69. The summed E-state index contributed by atoms with van der Waals surface area (Å²) < 4.78 is 5.48. The number of rotatable bonds is 4. The summed E-state index contributed by atoms with van der Waals surface area (Å²) in [5.74, 6) is 0.969. The molecule has 7 heteroatoms. The number of fused-ring (bicyclic) bond motifs is 1. The van der Waals surface area contributed by atoms with E-state index in [9.17, 15) is 4.79 Å². The van der Waals surface area contributed by atoms with Crippen LogP contribution >= 0.6 is 23.2 Å². The van der Waals surface area contributed by atoms with Crippen LogP contribution < -0.4 is 15.0 Å². The molecule has 0 unspecified atom stereocenters. The van der Waals surface area contributed by atoms with E-state index < -0.39 is 6.17 Å². The Hall–Kier alpha value is -2.76. The van der Waals surface area contributed by atoms with E-state index in [4.69, 9.17) is 27.9 Å². The maximum absolute atomic E-state index is 13.1. The van der Waals surface area contributed by atoms with E-state index in [0.717, 1.165) is 16.8 Å². The summed E-state index contributed by atoms with van der Waals surface area (Å²) in [6.45, 7) is 1.92. The van der Waals surface area contributed by atoms with E-state index >= 15 is 0 Å². The van der Waals surface area contributed by atoms with Crippen LogP contribution in [0.25, 0.3) is 0 Å². The van der Waals surface area contributed by atoms with Crippen molar-refractivity contribution in [1.82, 2.24) is 4.98 Å². The Balaban J connectivity index is 1.81. The largest absolute Gasteiger partial charge is 0.495 e. The first kappa shape index (κ1) is 18.6. The van der Waals surface area contributed by atoms with Crippen LogP contribution in [-0.2, 0) is 0 Å². The fourth-order valence-electron chi connectivity index (χ4n) is 3.30. The minimum atomic E-state index is -0.452. The van der Waals surface area contributed by atoms with Crippen LogP contribution in [0, 0.1) is 6.92 Å². The number of hydrogen-bond acceptors (Lipinski definition) is 4. The summed E-state index contributed by atoms with van der Waals surface area (Å²) in [6, 6.07) is 14.6. The maximum Gasteiger partial charge on any atom is 0.261 e. The summed E-state index contributed by atoms with van der Waals surface area (Å²) in [6.07, 6.45) is 1.07. The number of aromatic nitrogens is 1. The number of pyridine rings is 1. The van der Waals surface area contributed by atoms with Crippen molar-refractivity contribution in [2.45, 2.75) is 13.1 Å². The zero-order chi connectivity index (χ0) is 19.8. The highest BCUT2D eigenvalue weighted by molar-refractivity contribution is 6.31. The van der Waals surface area contributed by atoms with E-state index in [1.54, 1.807) is 30.2 Å². The topological polar surface area (TPSA) is 54.5 Å². The van der Waals surface area contributed by atoms with Crippen LogP contribution in [0.5, 0.6) is 5.75 Å². The van der Waals surface area contributed by atoms with Crippen LogP contribution in [0.15, 0.2) is 54.7 Å². The van der Waals surface area contributed by atoms with E-state index in [-0.39, 0.29) is 5.91 Å². The number of nitrogens with zero attached hydrogens (tertiary/aromatic N) is 2. The van der Waals surface area contributed by atoms with Gasteiger partial charge < -0.3 is 10.1 Å². The van der Waals surface area contributed by atoms with Crippen molar-refractivity contribution in [3.63, 3.8) is 0 Å². The standard InChI is InChI=1S/C21H17Cl2N3O2/c1-12-9-17(18(28-2)10-16(12)23)25-20-14-5-3-4-6-15(14)21(27)26(20)19-8-7-13(22)11-24-19/h3-11,20,25H,1-2H3/t20-/m1/s1. The van der Waals surface area contributed by atoms with Crippen molar-refractivity contribution in [1.29, 1.82) is 0 Å². The molecule has 5 nitrogen and oxygen atoms in total. The van der Waals surface area contributed by atoms with E-state index in [2.05, 4.69) is 10.3 Å². The van der Waals surface area contributed by atoms with E-state index in [0.29, 0.717) is 27.2 Å². The smallest absolute Gasteiger partial charge is 0.261 e. The zero-order valence-electron chi connectivity index (χ0n) is 15.2. The molecule has 1 atom stereocenters. The predicted octanol–water partition coefficient (Wildman–Crippen LogP) is 5.48. The van der Waals surface area contributed by atoms with Gasteiger partial charge in [-0.05, 0) is 36.8 Å². The maximum atomic E-state index is 13.1.